The van der Waals surface area contributed by atoms with E-state index in [1.54, 1.807) is 0 Å². The lowest BCUT2D eigenvalue weighted by Crippen LogP contribution is -2.52. The van der Waals surface area contributed by atoms with Crippen molar-refractivity contribution in [3.63, 3.8) is 0 Å². The highest BCUT2D eigenvalue weighted by Gasteiger charge is 2.35. The summed E-state index contributed by atoms with van der Waals surface area (Å²) in [6.45, 7) is 4.33. The SMILES string of the molecule is CCC(CC)NC1(CC(=O)O)CCCCC1. The maximum atomic E-state index is 11.0. The zero-order chi connectivity index (χ0) is 12.0. The van der Waals surface area contributed by atoms with E-state index in [1.807, 2.05) is 0 Å². The van der Waals surface area contributed by atoms with Gasteiger partial charge in [0.2, 0.25) is 0 Å². The molecule has 0 amide bonds. The molecule has 0 aromatic carbocycles. The van der Waals surface area contributed by atoms with Gasteiger partial charge in [-0.05, 0) is 25.7 Å². The predicted molar refractivity (Wildman–Crippen MR) is 65.6 cm³/mol. The van der Waals surface area contributed by atoms with Crippen molar-refractivity contribution in [3.05, 3.63) is 0 Å². The first kappa shape index (κ1) is 13.5. The van der Waals surface area contributed by atoms with E-state index in [0.29, 0.717) is 6.04 Å². The molecule has 0 saturated heterocycles. The minimum absolute atomic E-state index is 0.124. The van der Waals surface area contributed by atoms with Crippen molar-refractivity contribution in [2.75, 3.05) is 0 Å². The summed E-state index contributed by atoms with van der Waals surface area (Å²) in [5, 5.41) is 12.7. The molecule has 0 unspecified atom stereocenters. The molecule has 0 atom stereocenters. The highest BCUT2D eigenvalue weighted by Crippen LogP contribution is 2.32. The number of carbonyl (C=O) groups is 1. The van der Waals surface area contributed by atoms with Crippen LogP contribution in [0.4, 0.5) is 0 Å². The average Bonchev–Trinajstić information content (AvgIpc) is 2.26. The van der Waals surface area contributed by atoms with Gasteiger partial charge in [0.1, 0.15) is 0 Å². The van der Waals surface area contributed by atoms with Gasteiger partial charge in [0, 0.05) is 11.6 Å². The number of aliphatic carboxylic acids is 1. The van der Waals surface area contributed by atoms with Crippen LogP contribution < -0.4 is 5.32 Å². The number of nitrogens with one attached hydrogen (secondary N) is 1. The second-order valence-corrected chi connectivity index (χ2v) is 5.07. The second kappa shape index (κ2) is 6.24. The van der Waals surface area contributed by atoms with Gasteiger partial charge < -0.3 is 10.4 Å². The highest BCUT2D eigenvalue weighted by molar-refractivity contribution is 5.68. The Morgan fingerprint density at radius 3 is 2.25 bits per heavy atom. The number of rotatable bonds is 6. The normalized spacial score (nSPS) is 19.9. The molecule has 1 fully saturated rings. The molecule has 0 bridgehead atoms. The molecule has 1 rings (SSSR count). The third kappa shape index (κ3) is 3.78. The fraction of sp³-hybridized carbons (Fsp3) is 0.923. The van der Waals surface area contributed by atoms with Gasteiger partial charge in [-0.1, -0.05) is 33.1 Å². The van der Waals surface area contributed by atoms with Crippen LogP contribution in [-0.2, 0) is 4.79 Å². The molecule has 2 N–H and O–H groups in total. The van der Waals surface area contributed by atoms with Crippen LogP contribution in [0.1, 0.15) is 65.2 Å². The first-order valence-corrected chi connectivity index (χ1v) is 6.61. The van der Waals surface area contributed by atoms with Gasteiger partial charge in [0.25, 0.3) is 0 Å². The quantitative estimate of drug-likeness (QED) is 0.733. The van der Waals surface area contributed by atoms with Crippen LogP contribution in [0.25, 0.3) is 0 Å². The second-order valence-electron chi connectivity index (χ2n) is 5.07. The molecule has 0 spiro atoms. The zero-order valence-corrected chi connectivity index (χ0v) is 10.6. The summed E-state index contributed by atoms with van der Waals surface area (Å²) >= 11 is 0. The van der Waals surface area contributed by atoms with Crippen molar-refractivity contribution in [2.45, 2.75) is 76.8 Å². The maximum Gasteiger partial charge on any atom is 0.305 e. The summed E-state index contributed by atoms with van der Waals surface area (Å²) in [6.07, 6.45) is 8.08. The topological polar surface area (TPSA) is 49.3 Å². The molecule has 3 nitrogen and oxygen atoms in total. The highest BCUT2D eigenvalue weighted by atomic mass is 16.4. The Balaban J connectivity index is 2.65. The fourth-order valence-corrected chi connectivity index (χ4v) is 2.82. The van der Waals surface area contributed by atoms with Crippen molar-refractivity contribution in [3.8, 4) is 0 Å². The molecule has 3 heteroatoms. The first-order chi connectivity index (χ1) is 7.62. The Hall–Kier alpha value is -0.570. The largest absolute Gasteiger partial charge is 0.481 e. The van der Waals surface area contributed by atoms with Crippen LogP contribution in [0.2, 0.25) is 0 Å². The van der Waals surface area contributed by atoms with Crippen molar-refractivity contribution < 1.29 is 9.90 Å². The predicted octanol–water partition coefficient (Wildman–Crippen LogP) is 2.94. The summed E-state index contributed by atoms with van der Waals surface area (Å²) < 4.78 is 0. The van der Waals surface area contributed by atoms with Crippen LogP contribution in [0.15, 0.2) is 0 Å². The summed E-state index contributed by atoms with van der Waals surface area (Å²) in [4.78, 5) is 11.0. The van der Waals surface area contributed by atoms with Crippen molar-refractivity contribution in [1.29, 1.82) is 0 Å². The average molecular weight is 227 g/mol. The number of carboxylic acid groups (broad SMARTS) is 1. The standard InChI is InChI=1S/C13H25NO2/c1-3-11(4-2)14-13(10-12(15)16)8-6-5-7-9-13/h11,14H,3-10H2,1-2H3,(H,15,16). The van der Waals surface area contributed by atoms with Crippen LogP contribution in [0.5, 0.6) is 0 Å². The molecule has 0 heterocycles. The van der Waals surface area contributed by atoms with E-state index < -0.39 is 5.97 Å². The fourth-order valence-electron chi connectivity index (χ4n) is 2.82. The molecule has 94 valence electrons. The number of hydrogen-bond donors (Lipinski definition) is 2. The molecule has 16 heavy (non-hydrogen) atoms. The van der Waals surface area contributed by atoms with E-state index in [-0.39, 0.29) is 12.0 Å². The van der Waals surface area contributed by atoms with E-state index in [0.717, 1.165) is 25.7 Å². The molecule has 1 aliphatic carbocycles. The Morgan fingerprint density at radius 2 is 1.81 bits per heavy atom. The lowest BCUT2D eigenvalue weighted by Gasteiger charge is -2.40. The summed E-state index contributed by atoms with van der Waals surface area (Å²) in [7, 11) is 0. The van der Waals surface area contributed by atoms with E-state index in [4.69, 9.17) is 5.11 Å². The Kier molecular flexibility index (Phi) is 5.26. The molecule has 0 radical (unpaired) electrons. The van der Waals surface area contributed by atoms with E-state index in [1.165, 1.54) is 19.3 Å². The lowest BCUT2D eigenvalue weighted by atomic mass is 9.78. The Bertz CT molecular complexity index is 218. The summed E-state index contributed by atoms with van der Waals surface area (Å²) in [5.74, 6) is -0.666. The molecule has 1 saturated carbocycles. The molecule has 0 aromatic heterocycles. The van der Waals surface area contributed by atoms with Crippen LogP contribution >= 0.6 is 0 Å². The number of carboxylic acids is 1. The minimum atomic E-state index is -0.666. The Labute approximate surface area is 98.6 Å². The van der Waals surface area contributed by atoms with Gasteiger partial charge >= 0.3 is 5.97 Å². The molecular weight excluding hydrogens is 202 g/mol. The van der Waals surface area contributed by atoms with E-state index >= 15 is 0 Å². The minimum Gasteiger partial charge on any atom is -0.481 e. The van der Waals surface area contributed by atoms with Gasteiger partial charge in [-0.3, -0.25) is 4.79 Å². The van der Waals surface area contributed by atoms with E-state index in [9.17, 15) is 4.79 Å². The lowest BCUT2D eigenvalue weighted by molar-refractivity contribution is -0.139. The Morgan fingerprint density at radius 1 is 1.25 bits per heavy atom. The third-order valence-electron chi connectivity index (χ3n) is 3.80. The van der Waals surface area contributed by atoms with Gasteiger partial charge in [-0.15, -0.1) is 0 Å². The zero-order valence-electron chi connectivity index (χ0n) is 10.6. The van der Waals surface area contributed by atoms with Crippen LogP contribution in [-0.4, -0.2) is 22.7 Å². The molecule has 1 aliphatic rings. The first-order valence-electron chi connectivity index (χ1n) is 6.61. The molecule has 0 aliphatic heterocycles. The van der Waals surface area contributed by atoms with Gasteiger partial charge in [0.15, 0.2) is 0 Å². The third-order valence-corrected chi connectivity index (χ3v) is 3.80. The molecular formula is C13H25NO2. The van der Waals surface area contributed by atoms with Crippen LogP contribution in [0.3, 0.4) is 0 Å². The molecule has 0 aromatic rings. The van der Waals surface area contributed by atoms with Crippen molar-refractivity contribution in [2.24, 2.45) is 0 Å². The number of hydrogen-bond acceptors (Lipinski definition) is 2. The smallest absolute Gasteiger partial charge is 0.305 e. The maximum absolute atomic E-state index is 11.0. The van der Waals surface area contributed by atoms with Crippen molar-refractivity contribution in [1.82, 2.24) is 5.32 Å². The summed E-state index contributed by atoms with van der Waals surface area (Å²) in [6, 6.07) is 0.470. The van der Waals surface area contributed by atoms with Gasteiger partial charge in [-0.25, -0.2) is 0 Å². The van der Waals surface area contributed by atoms with Gasteiger partial charge in [0.05, 0.1) is 6.42 Å². The monoisotopic (exact) mass is 227 g/mol. The summed E-state index contributed by atoms with van der Waals surface area (Å²) in [5.41, 5.74) is -0.124. The van der Waals surface area contributed by atoms with E-state index in [2.05, 4.69) is 19.2 Å². The van der Waals surface area contributed by atoms with Crippen LogP contribution in [0, 0.1) is 0 Å². The van der Waals surface area contributed by atoms with Gasteiger partial charge in [-0.2, -0.15) is 0 Å². The van der Waals surface area contributed by atoms with Crippen molar-refractivity contribution >= 4 is 5.97 Å².